The number of amides is 1. The average Bonchev–Trinajstić information content (AvgIpc) is 2.28. The largest absolute Gasteiger partial charge is 0.493 e. The van der Waals surface area contributed by atoms with E-state index in [-0.39, 0.29) is 17.9 Å². The summed E-state index contributed by atoms with van der Waals surface area (Å²) in [4.78, 5) is 16.6. The van der Waals surface area contributed by atoms with Crippen molar-refractivity contribution in [2.24, 2.45) is 0 Å². The van der Waals surface area contributed by atoms with Crippen LogP contribution in [0.25, 0.3) is 0 Å². The number of hydrogen-bond acceptors (Lipinski definition) is 3. The van der Waals surface area contributed by atoms with Crippen LogP contribution < -0.4 is 10.2 Å². The molecule has 0 heterocycles. The van der Waals surface area contributed by atoms with Crippen molar-refractivity contribution in [2.75, 3.05) is 6.61 Å². The molecule has 1 amide bonds. The lowest BCUT2D eigenvalue weighted by Gasteiger charge is -2.18. The topological polar surface area (TPSA) is 47.6 Å². The predicted molar refractivity (Wildman–Crippen MR) is 78.3 cm³/mol. The van der Waals surface area contributed by atoms with Crippen LogP contribution in [0.15, 0.2) is 24.3 Å². The van der Waals surface area contributed by atoms with E-state index in [4.69, 9.17) is 9.57 Å². The highest BCUT2D eigenvalue weighted by Crippen LogP contribution is 2.13. The van der Waals surface area contributed by atoms with Crippen LogP contribution >= 0.6 is 22.6 Å². The first-order valence-electron chi connectivity index (χ1n) is 5.72. The first-order chi connectivity index (χ1) is 8.37. The van der Waals surface area contributed by atoms with Gasteiger partial charge in [-0.2, -0.15) is 0 Å². The first kappa shape index (κ1) is 15.2. The molecule has 0 saturated heterocycles. The van der Waals surface area contributed by atoms with Crippen molar-refractivity contribution < 1.29 is 14.4 Å². The number of halogens is 1. The molecule has 0 aliphatic heterocycles. The lowest BCUT2D eigenvalue weighted by atomic mass is 10.2. The van der Waals surface area contributed by atoms with Crippen LogP contribution in [-0.4, -0.2) is 18.1 Å². The number of nitrogens with one attached hydrogen (secondary N) is 1. The number of rotatable bonds is 5. The summed E-state index contributed by atoms with van der Waals surface area (Å²) >= 11 is 2.23. The van der Waals surface area contributed by atoms with E-state index in [1.165, 1.54) is 0 Å². The second-order valence-corrected chi connectivity index (χ2v) is 6.04. The van der Waals surface area contributed by atoms with Crippen LogP contribution in [0.3, 0.4) is 0 Å². The second kappa shape index (κ2) is 6.94. The van der Waals surface area contributed by atoms with Gasteiger partial charge in [0.25, 0.3) is 0 Å². The minimum atomic E-state index is -0.382. The zero-order valence-electron chi connectivity index (χ0n) is 10.8. The Morgan fingerprint density at radius 1 is 1.28 bits per heavy atom. The molecule has 1 N–H and O–H groups in total. The number of hydroxylamine groups is 1. The Hall–Kier alpha value is -0.820. The molecule has 0 aromatic heterocycles. The molecule has 0 unspecified atom stereocenters. The molecule has 4 nitrogen and oxygen atoms in total. The summed E-state index contributed by atoms with van der Waals surface area (Å²) in [5.74, 6) is 0.579. The molecule has 100 valence electrons. The van der Waals surface area contributed by atoms with E-state index in [9.17, 15) is 4.79 Å². The monoisotopic (exact) mass is 363 g/mol. The van der Waals surface area contributed by atoms with Gasteiger partial charge in [0.2, 0.25) is 5.91 Å². The first-order valence-corrected chi connectivity index (χ1v) is 6.80. The van der Waals surface area contributed by atoms with Gasteiger partial charge in [-0.3, -0.25) is 9.63 Å². The molecule has 0 fully saturated rings. The third kappa shape index (κ3) is 6.80. The standard InChI is InChI=1S/C13H18INO3/c1-13(2,3)18-15-12(16)8-9-17-11-6-4-10(14)5-7-11/h4-7H,8-9H2,1-3H3,(H,15,16). The van der Waals surface area contributed by atoms with E-state index in [0.717, 1.165) is 9.32 Å². The minimum Gasteiger partial charge on any atom is -0.493 e. The zero-order chi connectivity index (χ0) is 13.6. The molecule has 1 aromatic carbocycles. The molecule has 18 heavy (non-hydrogen) atoms. The fraction of sp³-hybridized carbons (Fsp3) is 0.462. The average molecular weight is 363 g/mol. The Morgan fingerprint density at radius 2 is 1.89 bits per heavy atom. The quantitative estimate of drug-likeness (QED) is 0.647. The fourth-order valence-corrected chi connectivity index (χ4v) is 1.41. The van der Waals surface area contributed by atoms with Crippen LogP contribution in [0.2, 0.25) is 0 Å². The fourth-order valence-electron chi connectivity index (χ4n) is 1.05. The molecule has 5 heteroatoms. The maximum atomic E-state index is 11.4. The van der Waals surface area contributed by atoms with Gasteiger partial charge in [0.1, 0.15) is 5.75 Å². The summed E-state index contributed by atoms with van der Waals surface area (Å²) in [6.07, 6.45) is 0.266. The van der Waals surface area contributed by atoms with Crippen molar-refractivity contribution in [1.82, 2.24) is 5.48 Å². The lowest BCUT2D eigenvalue weighted by molar-refractivity contribution is -0.146. The van der Waals surface area contributed by atoms with Gasteiger partial charge in [0, 0.05) is 3.57 Å². The maximum Gasteiger partial charge on any atom is 0.246 e. The third-order valence-corrected chi connectivity index (χ3v) is 2.60. The number of ether oxygens (including phenoxy) is 1. The lowest BCUT2D eigenvalue weighted by Crippen LogP contribution is -2.34. The zero-order valence-corrected chi connectivity index (χ0v) is 13.0. The van der Waals surface area contributed by atoms with Crippen molar-refractivity contribution in [3.63, 3.8) is 0 Å². The molecule has 0 spiro atoms. The summed E-state index contributed by atoms with van der Waals surface area (Å²) in [6.45, 7) is 5.94. The van der Waals surface area contributed by atoms with Gasteiger partial charge in [0.05, 0.1) is 18.6 Å². The van der Waals surface area contributed by atoms with Crippen LogP contribution in [0, 0.1) is 3.57 Å². The van der Waals surface area contributed by atoms with Crippen molar-refractivity contribution >= 4 is 28.5 Å². The Morgan fingerprint density at radius 3 is 2.44 bits per heavy atom. The van der Waals surface area contributed by atoms with Crippen LogP contribution in [0.4, 0.5) is 0 Å². The highest BCUT2D eigenvalue weighted by atomic mass is 127. The SMILES string of the molecule is CC(C)(C)ONC(=O)CCOc1ccc(I)cc1. The van der Waals surface area contributed by atoms with Gasteiger partial charge >= 0.3 is 0 Å². The maximum absolute atomic E-state index is 11.4. The number of carbonyl (C=O) groups excluding carboxylic acids is 1. The minimum absolute atomic E-state index is 0.185. The van der Waals surface area contributed by atoms with Gasteiger partial charge < -0.3 is 4.74 Å². The Balaban J connectivity index is 2.21. The van der Waals surface area contributed by atoms with E-state index < -0.39 is 0 Å². The van der Waals surface area contributed by atoms with Gasteiger partial charge in [-0.1, -0.05) is 0 Å². The Labute approximate surface area is 121 Å². The van der Waals surface area contributed by atoms with Crippen molar-refractivity contribution in [3.05, 3.63) is 27.8 Å². The van der Waals surface area contributed by atoms with Crippen molar-refractivity contribution in [1.29, 1.82) is 0 Å². The van der Waals surface area contributed by atoms with Gasteiger partial charge in [0.15, 0.2) is 0 Å². The number of hydrogen-bond donors (Lipinski definition) is 1. The van der Waals surface area contributed by atoms with Gasteiger partial charge in [-0.25, -0.2) is 5.48 Å². The molecule has 1 aromatic rings. The summed E-state index contributed by atoms with van der Waals surface area (Å²) in [6, 6.07) is 7.67. The Bertz CT molecular complexity index is 384. The number of carbonyl (C=O) groups is 1. The van der Waals surface area contributed by atoms with E-state index >= 15 is 0 Å². The van der Waals surface area contributed by atoms with Crippen LogP contribution in [0.1, 0.15) is 27.2 Å². The Kier molecular flexibility index (Phi) is 5.87. The van der Waals surface area contributed by atoms with Gasteiger partial charge in [-0.15, -0.1) is 0 Å². The van der Waals surface area contributed by atoms with Crippen LogP contribution in [-0.2, 0) is 9.63 Å². The predicted octanol–water partition coefficient (Wildman–Crippen LogP) is 2.91. The molecular formula is C13H18INO3. The highest BCUT2D eigenvalue weighted by Gasteiger charge is 2.12. The summed E-state index contributed by atoms with van der Waals surface area (Å²) < 4.78 is 6.59. The highest BCUT2D eigenvalue weighted by molar-refractivity contribution is 14.1. The molecule has 0 radical (unpaired) electrons. The van der Waals surface area contributed by atoms with Crippen LogP contribution in [0.5, 0.6) is 5.75 Å². The summed E-state index contributed by atoms with van der Waals surface area (Å²) in [7, 11) is 0. The third-order valence-electron chi connectivity index (χ3n) is 1.88. The van der Waals surface area contributed by atoms with Crippen molar-refractivity contribution in [2.45, 2.75) is 32.8 Å². The molecule has 0 aliphatic rings. The molecule has 0 atom stereocenters. The van der Waals surface area contributed by atoms with E-state index in [0.29, 0.717) is 6.61 Å². The molecule has 0 bridgehead atoms. The molecule has 1 rings (SSSR count). The number of benzene rings is 1. The van der Waals surface area contributed by atoms with E-state index in [1.807, 2.05) is 45.0 Å². The molecular weight excluding hydrogens is 345 g/mol. The molecule has 0 saturated carbocycles. The van der Waals surface area contributed by atoms with E-state index in [2.05, 4.69) is 28.1 Å². The summed E-state index contributed by atoms with van der Waals surface area (Å²) in [5, 5.41) is 0. The van der Waals surface area contributed by atoms with Crippen molar-refractivity contribution in [3.8, 4) is 5.75 Å². The van der Waals surface area contributed by atoms with E-state index in [1.54, 1.807) is 0 Å². The smallest absolute Gasteiger partial charge is 0.246 e. The molecule has 0 aliphatic carbocycles. The normalized spacial score (nSPS) is 11.1. The second-order valence-electron chi connectivity index (χ2n) is 4.79. The summed E-state index contributed by atoms with van der Waals surface area (Å²) in [5.41, 5.74) is 2.02. The van der Waals surface area contributed by atoms with Gasteiger partial charge in [-0.05, 0) is 67.6 Å².